The molecule has 1 aromatic carbocycles. The lowest BCUT2D eigenvalue weighted by Crippen LogP contribution is -2.52. The molecule has 0 aromatic heterocycles. The molecule has 2 rings (SSSR count). The summed E-state index contributed by atoms with van der Waals surface area (Å²) in [7, 11) is 0. The van der Waals surface area contributed by atoms with Crippen molar-refractivity contribution in [3.8, 4) is 0 Å². The van der Waals surface area contributed by atoms with Gasteiger partial charge in [-0.3, -0.25) is 0 Å². The molecule has 146 valence electrons. The van der Waals surface area contributed by atoms with Gasteiger partial charge >= 0.3 is 6.09 Å². The van der Waals surface area contributed by atoms with Gasteiger partial charge in [0.1, 0.15) is 5.60 Å². The number of hydrogen-bond donors (Lipinski definition) is 0. The molecule has 0 saturated heterocycles. The predicted molar refractivity (Wildman–Crippen MR) is 105 cm³/mol. The summed E-state index contributed by atoms with van der Waals surface area (Å²) in [6, 6.07) is 10.2. The van der Waals surface area contributed by atoms with Crippen molar-refractivity contribution in [3.05, 3.63) is 35.9 Å². The molecule has 0 atom stereocenters. The number of amides is 1. The van der Waals surface area contributed by atoms with E-state index in [1.54, 1.807) is 0 Å². The minimum absolute atomic E-state index is 0.0972. The number of carbonyl (C=O) groups is 1. The van der Waals surface area contributed by atoms with Crippen molar-refractivity contribution >= 4 is 6.09 Å². The lowest BCUT2D eigenvalue weighted by molar-refractivity contribution is -0.0118. The molecule has 26 heavy (non-hydrogen) atoms. The van der Waals surface area contributed by atoms with Crippen LogP contribution in [-0.2, 0) is 16.1 Å². The van der Waals surface area contributed by atoms with Gasteiger partial charge in [0.05, 0.1) is 6.61 Å². The summed E-state index contributed by atoms with van der Waals surface area (Å²) < 4.78 is 11.5. The zero-order valence-electron chi connectivity index (χ0n) is 16.9. The summed E-state index contributed by atoms with van der Waals surface area (Å²) in [6.45, 7) is 9.93. The van der Waals surface area contributed by atoms with Gasteiger partial charge in [-0.25, -0.2) is 4.79 Å². The van der Waals surface area contributed by atoms with Crippen LogP contribution >= 0.6 is 0 Å². The van der Waals surface area contributed by atoms with Crippen LogP contribution in [0.25, 0.3) is 0 Å². The number of ether oxygens (including phenoxy) is 2. The molecule has 1 aromatic rings. The number of nitrogens with zero attached hydrogens (tertiary/aromatic N) is 1. The Labute approximate surface area is 158 Å². The molecule has 0 spiro atoms. The van der Waals surface area contributed by atoms with E-state index in [9.17, 15) is 4.79 Å². The van der Waals surface area contributed by atoms with E-state index in [0.29, 0.717) is 19.8 Å². The quantitative estimate of drug-likeness (QED) is 0.597. The Morgan fingerprint density at radius 1 is 1.12 bits per heavy atom. The minimum atomic E-state index is -0.468. The molecule has 4 nitrogen and oxygen atoms in total. The highest BCUT2D eigenvalue weighted by Crippen LogP contribution is 2.34. The zero-order chi connectivity index (χ0) is 19.0. The molecular formula is C22H35NO3. The lowest BCUT2D eigenvalue weighted by atomic mass is 9.82. The van der Waals surface area contributed by atoms with Crippen LogP contribution in [0.5, 0.6) is 0 Å². The molecule has 1 fully saturated rings. The van der Waals surface area contributed by atoms with Gasteiger partial charge in [-0.05, 0) is 52.5 Å². The Bertz CT molecular complexity index is 544. The van der Waals surface area contributed by atoms with Crippen LogP contribution in [0.2, 0.25) is 0 Å². The summed E-state index contributed by atoms with van der Waals surface area (Å²) in [5.41, 5.74) is 0.611. The van der Waals surface area contributed by atoms with Crippen molar-refractivity contribution in [1.29, 1.82) is 0 Å². The van der Waals surface area contributed by atoms with Crippen LogP contribution in [0.15, 0.2) is 30.3 Å². The second-order valence-electron chi connectivity index (χ2n) is 8.58. The minimum Gasteiger partial charge on any atom is -0.444 e. The van der Waals surface area contributed by atoms with Crippen LogP contribution in [0.3, 0.4) is 0 Å². The maximum absolute atomic E-state index is 12.8. The Morgan fingerprint density at radius 2 is 1.77 bits per heavy atom. The second-order valence-corrected chi connectivity index (χ2v) is 8.58. The SMILES string of the molecule is CC(C)(C)OC(=O)N(CCCOCc1ccccc1)C1(C)CCCCC1. The van der Waals surface area contributed by atoms with Crippen LogP contribution in [0.4, 0.5) is 4.79 Å². The summed E-state index contributed by atoms with van der Waals surface area (Å²) in [6.07, 6.45) is 6.36. The average molecular weight is 362 g/mol. The molecule has 0 unspecified atom stereocenters. The first kappa shape index (κ1) is 20.8. The van der Waals surface area contributed by atoms with Crippen molar-refractivity contribution in [1.82, 2.24) is 4.90 Å². The van der Waals surface area contributed by atoms with Crippen molar-refractivity contribution in [2.45, 2.75) is 84.0 Å². The normalized spacial score (nSPS) is 16.9. The van der Waals surface area contributed by atoms with Crippen molar-refractivity contribution in [2.75, 3.05) is 13.2 Å². The van der Waals surface area contributed by atoms with Gasteiger partial charge in [0, 0.05) is 18.7 Å². The van der Waals surface area contributed by atoms with Gasteiger partial charge in [0.15, 0.2) is 0 Å². The van der Waals surface area contributed by atoms with E-state index in [-0.39, 0.29) is 11.6 Å². The highest BCUT2D eigenvalue weighted by Gasteiger charge is 2.38. The molecule has 0 N–H and O–H groups in total. The van der Waals surface area contributed by atoms with Crippen molar-refractivity contribution < 1.29 is 14.3 Å². The van der Waals surface area contributed by atoms with E-state index in [0.717, 1.165) is 19.3 Å². The molecule has 0 radical (unpaired) electrons. The van der Waals surface area contributed by atoms with Gasteiger partial charge in [-0.15, -0.1) is 0 Å². The highest BCUT2D eigenvalue weighted by molar-refractivity contribution is 5.69. The molecule has 1 saturated carbocycles. The molecule has 0 bridgehead atoms. The van der Waals surface area contributed by atoms with Gasteiger partial charge in [0.25, 0.3) is 0 Å². The van der Waals surface area contributed by atoms with Crippen LogP contribution in [0, 0.1) is 0 Å². The Morgan fingerprint density at radius 3 is 2.38 bits per heavy atom. The number of rotatable bonds is 7. The van der Waals surface area contributed by atoms with Crippen LogP contribution < -0.4 is 0 Å². The lowest BCUT2D eigenvalue weighted by Gasteiger charge is -2.44. The first-order valence-electron chi connectivity index (χ1n) is 9.92. The maximum atomic E-state index is 12.8. The van der Waals surface area contributed by atoms with E-state index >= 15 is 0 Å². The van der Waals surface area contributed by atoms with Gasteiger partial charge < -0.3 is 14.4 Å². The second kappa shape index (κ2) is 9.40. The fraction of sp³-hybridized carbons (Fsp3) is 0.682. The Kier molecular flexibility index (Phi) is 7.51. The fourth-order valence-electron chi connectivity index (χ4n) is 3.57. The zero-order valence-corrected chi connectivity index (χ0v) is 16.9. The first-order valence-corrected chi connectivity index (χ1v) is 9.92. The molecule has 0 aliphatic heterocycles. The molecule has 4 heteroatoms. The molecular weight excluding hydrogens is 326 g/mol. The van der Waals surface area contributed by atoms with Crippen LogP contribution in [0.1, 0.15) is 71.8 Å². The van der Waals surface area contributed by atoms with Gasteiger partial charge in [-0.1, -0.05) is 49.6 Å². The Hall–Kier alpha value is -1.55. The molecule has 0 heterocycles. The average Bonchev–Trinajstić information content (AvgIpc) is 2.57. The predicted octanol–water partition coefficient (Wildman–Crippen LogP) is 5.55. The molecule has 1 aliphatic rings. The van der Waals surface area contributed by atoms with Gasteiger partial charge in [-0.2, -0.15) is 0 Å². The molecule has 1 aliphatic carbocycles. The maximum Gasteiger partial charge on any atom is 0.410 e. The van der Waals surface area contributed by atoms with Crippen molar-refractivity contribution in [3.63, 3.8) is 0 Å². The third-order valence-corrected chi connectivity index (χ3v) is 4.98. The number of carbonyl (C=O) groups excluding carboxylic acids is 1. The van der Waals surface area contributed by atoms with Crippen molar-refractivity contribution in [2.24, 2.45) is 0 Å². The first-order chi connectivity index (χ1) is 12.3. The number of hydrogen-bond acceptors (Lipinski definition) is 3. The van der Waals surface area contributed by atoms with E-state index in [1.807, 2.05) is 43.9 Å². The fourth-order valence-corrected chi connectivity index (χ4v) is 3.57. The topological polar surface area (TPSA) is 38.8 Å². The third-order valence-electron chi connectivity index (χ3n) is 4.98. The Balaban J connectivity index is 1.88. The number of benzene rings is 1. The van der Waals surface area contributed by atoms with Gasteiger partial charge in [0.2, 0.25) is 0 Å². The summed E-state index contributed by atoms with van der Waals surface area (Å²) in [4.78, 5) is 14.8. The third kappa shape index (κ3) is 6.64. The van der Waals surface area contributed by atoms with Crippen LogP contribution in [-0.4, -0.2) is 35.3 Å². The highest BCUT2D eigenvalue weighted by atomic mass is 16.6. The van der Waals surface area contributed by atoms with E-state index in [2.05, 4.69) is 19.1 Å². The summed E-state index contributed by atoms with van der Waals surface area (Å²) in [5.74, 6) is 0. The van der Waals surface area contributed by atoms with E-state index in [1.165, 1.54) is 24.8 Å². The van der Waals surface area contributed by atoms with E-state index in [4.69, 9.17) is 9.47 Å². The molecule has 1 amide bonds. The summed E-state index contributed by atoms with van der Waals surface area (Å²) >= 11 is 0. The smallest absolute Gasteiger partial charge is 0.410 e. The van der Waals surface area contributed by atoms with E-state index < -0.39 is 5.60 Å². The largest absolute Gasteiger partial charge is 0.444 e. The standard InChI is InChI=1S/C22H35NO3/c1-21(2,3)26-20(24)23(22(4)14-9-6-10-15-22)16-11-17-25-18-19-12-7-5-8-13-19/h5,7-8,12-13H,6,9-11,14-18H2,1-4H3. The summed E-state index contributed by atoms with van der Waals surface area (Å²) in [5, 5.41) is 0. The monoisotopic (exact) mass is 361 g/mol.